The molecule has 1 aromatic rings. The number of fused-ring (bicyclic) bond motifs is 1. The maximum absolute atomic E-state index is 12.5. The predicted octanol–water partition coefficient (Wildman–Crippen LogP) is 2.33. The van der Waals surface area contributed by atoms with Crippen molar-refractivity contribution in [2.45, 2.75) is 32.2 Å². The van der Waals surface area contributed by atoms with E-state index in [-0.39, 0.29) is 24.6 Å². The molecule has 1 fully saturated rings. The second-order valence-electron chi connectivity index (χ2n) is 6.44. The fraction of sp³-hybridized carbons (Fsp3) is 0.588. The van der Waals surface area contributed by atoms with Gasteiger partial charge in [-0.1, -0.05) is 31.2 Å². The molecule has 2 amide bonds. The van der Waals surface area contributed by atoms with Crippen LogP contribution < -0.4 is 5.32 Å². The van der Waals surface area contributed by atoms with Gasteiger partial charge in [0.05, 0.1) is 6.04 Å². The number of carbonyl (C=O) groups excluding carboxylic acids is 1. The van der Waals surface area contributed by atoms with Crippen LogP contribution >= 0.6 is 0 Å². The lowest BCUT2D eigenvalue weighted by atomic mass is 9.99. The van der Waals surface area contributed by atoms with Gasteiger partial charge in [-0.05, 0) is 42.2 Å². The minimum absolute atomic E-state index is 0.0155. The molecule has 2 N–H and O–H groups in total. The van der Waals surface area contributed by atoms with E-state index in [0.717, 1.165) is 25.8 Å². The molecule has 1 aliphatic carbocycles. The number of amides is 2. The number of piperidine rings is 1. The molecule has 2 aliphatic rings. The van der Waals surface area contributed by atoms with E-state index < -0.39 is 0 Å². The van der Waals surface area contributed by atoms with Gasteiger partial charge >= 0.3 is 6.03 Å². The summed E-state index contributed by atoms with van der Waals surface area (Å²) in [4.78, 5) is 14.4. The topological polar surface area (TPSA) is 52.6 Å². The third kappa shape index (κ3) is 2.91. The average Bonchev–Trinajstić information content (AvgIpc) is 2.83. The Morgan fingerprint density at radius 3 is 3.05 bits per heavy atom. The Hall–Kier alpha value is -1.55. The van der Waals surface area contributed by atoms with Crippen molar-refractivity contribution in [1.29, 1.82) is 0 Å². The van der Waals surface area contributed by atoms with Gasteiger partial charge in [0.15, 0.2) is 0 Å². The molecule has 3 unspecified atom stereocenters. The number of hydrogen-bond acceptors (Lipinski definition) is 2. The van der Waals surface area contributed by atoms with Gasteiger partial charge in [-0.2, -0.15) is 0 Å². The highest BCUT2D eigenvalue weighted by molar-refractivity contribution is 5.75. The quantitative estimate of drug-likeness (QED) is 0.877. The Bertz CT molecular complexity index is 517. The van der Waals surface area contributed by atoms with E-state index in [1.54, 1.807) is 0 Å². The van der Waals surface area contributed by atoms with Crippen LogP contribution in [0.15, 0.2) is 24.3 Å². The first-order valence-corrected chi connectivity index (χ1v) is 7.93. The molecular weight excluding hydrogens is 264 g/mol. The number of aliphatic hydroxyl groups is 1. The number of urea groups is 1. The Labute approximate surface area is 126 Å². The molecule has 1 aliphatic heterocycles. The summed E-state index contributed by atoms with van der Waals surface area (Å²) in [6.07, 6.45) is 3.03. The first-order valence-electron chi connectivity index (χ1n) is 7.93. The van der Waals surface area contributed by atoms with Gasteiger partial charge in [0.25, 0.3) is 0 Å². The summed E-state index contributed by atoms with van der Waals surface area (Å²) in [6.45, 7) is 3.83. The van der Waals surface area contributed by atoms with Crippen molar-refractivity contribution in [2.24, 2.45) is 11.8 Å². The van der Waals surface area contributed by atoms with Crippen LogP contribution in [0.4, 0.5) is 4.79 Å². The van der Waals surface area contributed by atoms with Gasteiger partial charge in [0.2, 0.25) is 0 Å². The maximum Gasteiger partial charge on any atom is 0.317 e. The van der Waals surface area contributed by atoms with Crippen LogP contribution in [-0.2, 0) is 6.42 Å². The molecule has 114 valence electrons. The zero-order valence-electron chi connectivity index (χ0n) is 12.6. The van der Waals surface area contributed by atoms with Gasteiger partial charge in [0, 0.05) is 19.7 Å². The molecular formula is C17H24N2O2. The number of nitrogens with zero attached hydrogens (tertiary/aromatic N) is 1. The van der Waals surface area contributed by atoms with Crippen molar-refractivity contribution in [3.63, 3.8) is 0 Å². The molecule has 3 atom stereocenters. The largest absolute Gasteiger partial charge is 0.396 e. The van der Waals surface area contributed by atoms with E-state index in [9.17, 15) is 9.90 Å². The fourth-order valence-corrected chi connectivity index (χ4v) is 3.64. The SMILES string of the molecule is CC1Cc2ccccc2C1NC(=O)N1CCCC(CO)C1. The Morgan fingerprint density at radius 1 is 1.43 bits per heavy atom. The van der Waals surface area contributed by atoms with Crippen LogP contribution in [0.5, 0.6) is 0 Å². The lowest BCUT2D eigenvalue weighted by Gasteiger charge is -2.33. The zero-order valence-corrected chi connectivity index (χ0v) is 12.6. The normalized spacial score (nSPS) is 28.3. The molecule has 1 aromatic carbocycles. The molecule has 0 spiro atoms. The first kappa shape index (κ1) is 14.4. The van der Waals surface area contributed by atoms with Gasteiger partial charge < -0.3 is 15.3 Å². The molecule has 0 aromatic heterocycles. The summed E-state index contributed by atoms with van der Waals surface area (Å²) in [6, 6.07) is 8.51. The van der Waals surface area contributed by atoms with Gasteiger partial charge in [-0.3, -0.25) is 0 Å². The summed E-state index contributed by atoms with van der Waals surface area (Å²) < 4.78 is 0. The van der Waals surface area contributed by atoms with Crippen molar-refractivity contribution >= 4 is 6.03 Å². The molecule has 1 saturated heterocycles. The second kappa shape index (κ2) is 6.06. The van der Waals surface area contributed by atoms with Crippen molar-refractivity contribution in [1.82, 2.24) is 10.2 Å². The summed E-state index contributed by atoms with van der Waals surface area (Å²) in [7, 11) is 0. The van der Waals surface area contributed by atoms with Crippen LogP contribution in [-0.4, -0.2) is 35.7 Å². The molecule has 0 bridgehead atoms. The van der Waals surface area contributed by atoms with E-state index in [0.29, 0.717) is 12.5 Å². The number of hydrogen-bond donors (Lipinski definition) is 2. The molecule has 4 heteroatoms. The highest BCUT2D eigenvalue weighted by Crippen LogP contribution is 2.35. The highest BCUT2D eigenvalue weighted by atomic mass is 16.3. The summed E-state index contributed by atoms with van der Waals surface area (Å²) in [5, 5.41) is 12.5. The van der Waals surface area contributed by atoms with Crippen LogP contribution in [0.1, 0.15) is 36.9 Å². The highest BCUT2D eigenvalue weighted by Gasteiger charge is 2.32. The predicted molar refractivity (Wildman–Crippen MR) is 82.0 cm³/mol. The molecule has 3 rings (SSSR count). The number of aliphatic hydroxyl groups excluding tert-OH is 1. The number of carbonyl (C=O) groups is 1. The lowest BCUT2D eigenvalue weighted by molar-refractivity contribution is 0.126. The molecule has 0 saturated carbocycles. The zero-order chi connectivity index (χ0) is 14.8. The molecule has 0 radical (unpaired) electrons. The third-order valence-corrected chi connectivity index (χ3v) is 4.84. The second-order valence-corrected chi connectivity index (χ2v) is 6.44. The van der Waals surface area contributed by atoms with E-state index >= 15 is 0 Å². The lowest BCUT2D eigenvalue weighted by Crippen LogP contribution is -2.47. The van der Waals surface area contributed by atoms with Crippen molar-refractivity contribution in [3.8, 4) is 0 Å². The van der Waals surface area contributed by atoms with Crippen molar-refractivity contribution in [2.75, 3.05) is 19.7 Å². The standard InChI is InChI=1S/C17H24N2O2/c1-12-9-14-6-2-3-7-15(14)16(12)18-17(21)19-8-4-5-13(10-19)11-20/h2-3,6-7,12-13,16,20H,4-5,8-11H2,1H3,(H,18,21). The van der Waals surface area contributed by atoms with Gasteiger partial charge in [-0.25, -0.2) is 4.79 Å². The Kier molecular flexibility index (Phi) is 4.15. The minimum Gasteiger partial charge on any atom is -0.396 e. The van der Waals surface area contributed by atoms with Gasteiger partial charge in [-0.15, -0.1) is 0 Å². The number of benzene rings is 1. The minimum atomic E-state index is 0.0155. The molecule has 21 heavy (non-hydrogen) atoms. The van der Waals surface area contributed by atoms with E-state index in [4.69, 9.17) is 0 Å². The van der Waals surface area contributed by atoms with E-state index in [1.807, 2.05) is 11.0 Å². The van der Waals surface area contributed by atoms with Crippen LogP contribution in [0.3, 0.4) is 0 Å². The van der Waals surface area contributed by atoms with Crippen molar-refractivity contribution in [3.05, 3.63) is 35.4 Å². The van der Waals surface area contributed by atoms with Crippen LogP contribution in [0.2, 0.25) is 0 Å². The molecule has 4 nitrogen and oxygen atoms in total. The van der Waals surface area contributed by atoms with E-state index in [2.05, 4.69) is 30.4 Å². The van der Waals surface area contributed by atoms with E-state index in [1.165, 1.54) is 11.1 Å². The maximum atomic E-state index is 12.5. The van der Waals surface area contributed by atoms with Gasteiger partial charge in [0.1, 0.15) is 0 Å². The monoisotopic (exact) mass is 288 g/mol. The average molecular weight is 288 g/mol. The smallest absolute Gasteiger partial charge is 0.317 e. The Morgan fingerprint density at radius 2 is 2.24 bits per heavy atom. The Balaban J connectivity index is 1.67. The number of rotatable bonds is 2. The first-order chi connectivity index (χ1) is 10.2. The van der Waals surface area contributed by atoms with Crippen LogP contribution in [0.25, 0.3) is 0 Å². The third-order valence-electron chi connectivity index (χ3n) is 4.84. The fourth-order valence-electron chi connectivity index (χ4n) is 3.64. The van der Waals surface area contributed by atoms with Crippen LogP contribution in [0, 0.1) is 11.8 Å². The number of nitrogens with one attached hydrogen (secondary N) is 1. The summed E-state index contributed by atoms with van der Waals surface area (Å²) in [5.41, 5.74) is 2.61. The summed E-state index contributed by atoms with van der Waals surface area (Å²) in [5.74, 6) is 0.669. The van der Waals surface area contributed by atoms with Crippen molar-refractivity contribution < 1.29 is 9.90 Å². The molecule has 1 heterocycles. The summed E-state index contributed by atoms with van der Waals surface area (Å²) >= 11 is 0. The number of likely N-dealkylation sites (tertiary alicyclic amines) is 1.